The van der Waals surface area contributed by atoms with Gasteiger partial charge in [-0.15, -0.1) is 0 Å². The number of nitrogens with zero attached hydrogens (tertiary/aromatic N) is 1. The van der Waals surface area contributed by atoms with Gasteiger partial charge in [0.1, 0.15) is 24.4 Å². The number of ether oxygens (including phenoxy) is 2. The molecule has 6 nitrogen and oxygen atoms in total. The molecule has 28 heavy (non-hydrogen) atoms. The van der Waals surface area contributed by atoms with E-state index in [-0.39, 0.29) is 18.1 Å². The van der Waals surface area contributed by atoms with E-state index in [0.29, 0.717) is 6.54 Å². The number of likely N-dealkylation sites (N-methyl/N-ethyl adjacent to an activating group) is 1. The first kappa shape index (κ1) is 21.2. The SMILES string of the molecule is CC[C@@H]1[C@H]2OC(C)(C)C(C)(C)O[C@@H]2[C@@H](O)[C@@H](C(=O)NC)N1Cc1ccccc1. The molecule has 156 valence electrons. The summed E-state index contributed by atoms with van der Waals surface area (Å²) in [6.07, 6.45) is -1.06. The molecule has 0 unspecified atom stereocenters. The first-order valence-electron chi connectivity index (χ1n) is 10.2. The Morgan fingerprint density at radius 2 is 1.68 bits per heavy atom. The smallest absolute Gasteiger partial charge is 0.239 e. The van der Waals surface area contributed by atoms with E-state index in [1.165, 1.54) is 0 Å². The second-order valence-corrected chi connectivity index (χ2v) is 8.87. The summed E-state index contributed by atoms with van der Waals surface area (Å²) in [6.45, 7) is 10.6. The molecule has 0 bridgehead atoms. The van der Waals surface area contributed by atoms with Crippen LogP contribution in [0.2, 0.25) is 0 Å². The number of aliphatic hydroxyl groups is 1. The molecule has 1 aromatic carbocycles. The van der Waals surface area contributed by atoms with Crippen molar-refractivity contribution in [3.8, 4) is 0 Å². The fraction of sp³-hybridized carbons (Fsp3) is 0.682. The lowest BCUT2D eigenvalue weighted by Gasteiger charge is -2.59. The summed E-state index contributed by atoms with van der Waals surface area (Å²) in [5.74, 6) is -0.202. The number of carbonyl (C=O) groups excluding carboxylic acids is 1. The molecule has 0 radical (unpaired) electrons. The maximum absolute atomic E-state index is 12.8. The van der Waals surface area contributed by atoms with Gasteiger partial charge in [-0.25, -0.2) is 0 Å². The molecule has 2 aliphatic rings. The molecule has 0 saturated carbocycles. The zero-order chi connectivity index (χ0) is 20.7. The first-order chi connectivity index (χ1) is 13.1. The molecule has 2 fully saturated rings. The standard InChI is InChI=1S/C22H34N2O4/c1-7-15-18-19(28-22(4,5)21(2,3)27-18)17(25)16(20(26)23-6)24(15)13-14-11-9-8-10-12-14/h8-12,15-19,25H,7,13H2,1-6H3,(H,23,26)/t15-,16+,17+,18-,19-/m1/s1. The van der Waals surface area contributed by atoms with Crippen LogP contribution >= 0.6 is 0 Å². The van der Waals surface area contributed by atoms with E-state index in [0.717, 1.165) is 12.0 Å². The van der Waals surface area contributed by atoms with Crippen LogP contribution in [0.25, 0.3) is 0 Å². The molecule has 5 atom stereocenters. The van der Waals surface area contributed by atoms with Gasteiger partial charge in [-0.05, 0) is 39.7 Å². The summed E-state index contributed by atoms with van der Waals surface area (Å²) >= 11 is 0. The number of nitrogens with one attached hydrogen (secondary N) is 1. The highest BCUT2D eigenvalue weighted by molar-refractivity contribution is 5.82. The first-order valence-corrected chi connectivity index (χ1v) is 10.2. The van der Waals surface area contributed by atoms with Crippen LogP contribution < -0.4 is 5.32 Å². The topological polar surface area (TPSA) is 71.0 Å². The van der Waals surface area contributed by atoms with Crippen molar-refractivity contribution < 1.29 is 19.4 Å². The Bertz CT molecular complexity index is 691. The third-order valence-electron chi connectivity index (χ3n) is 6.60. The lowest BCUT2D eigenvalue weighted by molar-refractivity contribution is -0.337. The van der Waals surface area contributed by atoms with E-state index in [2.05, 4.69) is 17.1 Å². The van der Waals surface area contributed by atoms with E-state index in [1.807, 2.05) is 58.0 Å². The number of likely N-dealkylation sites (tertiary alicyclic amines) is 1. The number of carbonyl (C=O) groups is 1. The minimum absolute atomic E-state index is 0.0497. The van der Waals surface area contributed by atoms with Crippen molar-refractivity contribution >= 4 is 5.91 Å². The summed E-state index contributed by atoms with van der Waals surface area (Å²) in [7, 11) is 1.61. The van der Waals surface area contributed by atoms with Crippen molar-refractivity contribution in [2.24, 2.45) is 0 Å². The minimum Gasteiger partial charge on any atom is -0.388 e. The van der Waals surface area contributed by atoms with Crippen LogP contribution in [0.4, 0.5) is 0 Å². The van der Waals surface area contributed by atoms with Crippen molar-refractivity contribution in [3.63, 3.8) is 0 Å². The predicted octanol–water partition coefficient (Wildman–Crippen LogP) is 2.10. The lowest BCUT2D eigenvalue weighted by Crippen LogP contribution is -2.75. The molecule has 2 N–H and O–H groups in total. The van der Waals surface area contributed by atoms with E-state index in [4.69, 9.17) is 9.47 Å². The maximum atomic E-state index is 12.8. The minimum atomic E-state index is -0.980. The summed E-state index contributed by atoms with van der Waals surface area (Å²) in [6, 6.07) is 9.28. The van der Waals surface area contributed by atoms with Crippen LogP contribution in [0.3, 0.4) is 0 Å². The zero-order valence-corrected chi connectivity index (χ0v) is 17.8. The fourth-order valence-corrected chi connectivity index (χ4v) is 4.36. The molecule has 0 aliphatic carbocycles. The number of rotatable bonds is 4. The van der Waals surface area contributed by atoms with Crippen LogP contribution in [-0.2, 0) is 20.8 Å². The number of hydrogen-bond acceptors (Lipinski definition) is 5. The number of hydrogen-bond donors (Lipinski definition) is 2. The average molecular weight is 391 g/mol. The molecular formula is C22H34N2O4. The van der Waals surface area contributed by atoms with Gasteiger partial charge >= 0.3 is 0 Å². The molecule has 0 aromatic heterocycles. The average Bonchev–Trinajstić information content (AvgIpc) is 2.64. The van der Waals surface area contributed by atoms with Crippen LogP contribution in [-0.4, -0.2) is 64.6 Å². The second-order valence-electron chi connectivity index (χ2n) is 8.87. The number of piperidine rings is 1. The van der Waals surface area contributed by atoms with Gasteiger partial charge in [0.2, 0.25) is 5.91 Å². The Hall–Kier alpha value is -1.47. The normalized spacial score (nSPS) is 34.5. The van der Waals surface area contributed by atoms with Gasteiger partial charge in [-0.2, -0.15) is 0 Å². The Morgan fingerprint density at radius 1 is 1.11 bits per heavy atom. The van der Waals surface area contributed by atoms with Gasteiger partial charge in [0, 0.05) is 19.6 Å². The molecular weight excluding hydrogens is 356 g/mol. The number of fused-ring (bicyclic) bond motifs is 1. The highest BCUT2D eigenvalue weighted by Crippen LogP contribution is 2.44. The van der Waals surface area contributed by atoms with E-state index in [1.54, 1.807) is 7.05 Å². The van der Waals surface area contributed by atoms with Crippen LogP contribution in [0.1, 0.15) is 46.6 Å². The Kier molecular flexibility index (Phi) is 5.88. The molecule has 3 rings (SSSR count). The third-order valence-corrected chi connectivity index (χ3v) is 6.60. The van der Waals surface area contributed by atoms with Gasteiger partial charge in [-0.1, -0.05) is 37.3 Å². The second kappa shape index (κ2) is 7.75. The van der Waals surface area contributed by atoms with E-state index in [9.17, 15) is 9.90 Å². The quantitative estimate of drug-likeness (QED) is 0.824. The highest BCUT2D eigenvalue weighted by Gasteiger charge is 2.59. The van der Waals surface area contributed by atoms with Gasteiger partial charge in [0.25, 0.3) is 0 Å². The molecule has 2 aliphatic heterocycles. The highest BCUT2D eigenvalue weighted by atomic mass is 16.6. The van der Waals surface area contributed by atoms with Crippen molar-refractivity contribution in [1.82, 2.24) is 10.2 Å². The molecule has 0 spiro atoms. The van der Waals surface area contributed by atoms with Crippen LogP contribution in [0, 0.1) is 0 Å². The molecule has 2 saturated heterocycles. The van der Waals surface area contributed by atoms with Crippen LogP contribution in [0.15, 0.2) is 30.3 Å². The molecule has 6 heteroatoms. The van der Waals surface area contributed by atoms with Crippen molar-refractivity contribution in [2.75, 3.05) is 7.05 Å². The van der Waals surface area contributed by atoms with Gasteiger partial charge in [0.05, 0.1) is 11.2 Å². The van der Waals surface area contributed by atoms with Gasteiger partial charge in [0.15, 0.2) is 0 Å². The maximum Gasteiger partial charge on any atom is 0.239 e. The summed E-state index contributed by atoms with van der Waals surface area (Å²) in [5, 5.41) is 13.9. The summed E-state index contributed by atoms with van der Waals surface area (Å²) in [4.78, 5) is 14.9. The number of aliphatic hydroxyl groups excluding tert-OH is 1. The largest absolute Gasteiger partial charge is 0.388 e. The number of benzene rings is 1. The summed E-state index contributed by atoms with van der Waals surface area (Å²) in [5.41, 5.74) is -0.00110. The van der Waals surface area contributed by atoms with Crippen molar-refractivity contribution in [1.29, 1.82) is 0 Å². The van der Waals surface area contributed by atoms with Crippen LogP contribution in [0.5, 0.6) is 0 Å². The van der Waals surface area contributed by atoms with E-state index < -0.39 is 29.5 Å². The summed E-state index contributed by atoms with van der Waals surface area (Å²) < 4.78 is 12.9. The lowest BCUT2D eigenvalue weighted by atomic mass is 9.80. The van der Waals surface area contributed by atoms with Crippen molar-refractivity contribution in [3.05, 3.63) is 35.9 Å². The Balaban J connectivity index is 2.01. The molecule has 1 aromatic rings. The zero-order valence-electron chi connectivity index (χ0n) is 17.8. The van der Waals surface area contributed by atoms with Gasteiger partial charge < -0.3 is 19.9 Å². The predicted molar refractivity (Wildman–Crippen MR) is 108 cm³/mol. The van der Waals surface area contributed by atoms with E-state index >= 15 is 0 Å². The monoisotopic (exact) mass is 390 g/mol. The fourth-order valence-electron chi connectivity index (χ4n) is 4.36. The molecule has 2 heterocycles. The van der Waals surface area contributed by atoms with Crippen molar-refractivity contribution in [2.45, 2.75) is 89.2 Å². The van der Waals surface area contributed by atoms with Gasteiger partial charge in [-0.3, -0.25) is 9.69 Å². The molecule has 1 amide bonds. The number of amides is 1. The Morgan fingerprint density at radius 3 is 2.21 bits per heavy atom. The Labute approximate surface area is 168 Å². The third kappa shape index (κ3) is 3.59.